The van der Waals surface area contributed by atoms with E-state index in [1.54, 1.807) is 30.3 Å². The van der Waals surface area contributed by atoms with Crippen LogP contribution >= 0.6 is 11.8 Å². The normalized spacial score (nSPS) is 18.8. The highest BCUT2D eigenvalue weighted by molar-refractivity contribution is 8.12. The average Bonchev–Trinajstić information content (AvgIpc) is 3.14. The summed E-state index contributed by atoms with van der Waals surface area (Å²) in [5, 5.41) is 8.41. The molecule has 2 aliphatic rings. The molecule has 0 bridgehead atoms. The number of cyclic esters (lactones) is 1. The van der Waals surface area contributed by atoms with Crippen molar-refractivity contribution in [3.8, 4) is 6.07 Å². The lowest BCUT2D eigenvalue weighted by Gasteiger charge is -2.36. The summed E-state index contributed by atoms with van der Waals surface area (Å²) < 4.78 is 20.1. The molecule has 2 fully saturated rings. The van der Waals surface area contributed by atoms with Gasteiger partial charge in [-0.2, -0.15) is 5.26 Å². The van der Waals surface area contributed by atoms with E-state index in [9.17, 15) is 18.8 Å². The van der Waals surface area contributed by atoms with Crippen molar-refractivity contribution < 1.29 is 23.5 Å². The van der Waals surface area contributed by atoms with E-state index in [0.717, 1.165) is 11.8 Å². The van der Waals surface area contributed by atoms with Gasteiger partial charge >= 0.3 is 6.09 Å². The molecule has 3 amide bonds. The van der Waals surface area contributed by atoms with Gasteiger partial charge in [-0.25, -0.2) is 9.18 Å². The molecule has 2 aliphatic heterocycles. The van der Waals surface area contributed by atoms with Crippen molar-refractivity contribution in [2.75, 3.05) is 55.8 Å². The highest BCUT2D eigenvalue weighted by Crippen LogP contribution is 2.29. The van der Waals surface area contributed by atoms with Crippen LogP contribution in [0.2, 0.25) is 0 Å². The van der Waals surface area contributed by atoms with Gasteiger partial charge in [-0.15, -0.1) is 0 Å². The highest BCUT2D eigenvalue weighted by Gasteiger charge is 2.37. The molecule has 0 radical (unpaired) electrons. The Labute approximate surface area is 177 Å². The number of benzene rings is 1. The van der Waals surface area contributed by atoms with Crippen LogP contribution in [-0.4, -0.2) is 79.3 Å². The Morgan fingerprint density at radius 2 is 2.03 bits per heavy atom. The molecule has 2 saturated heterocycles. The highest BCUT2D eigenvalue weighted by atomic mass is 32.2. The lowest BCUT2D eigenvalue weighted by molar-refractivity contribution is -0.130. The topological polar surface area (TPSA) is 97.2 Å². The van der Waals surface area contributed by atoms with Gasteiger partial charge in [-0.1, -0.05) is 11.8 Å². The van der Waals surface area contributed by atoms with Gasteiger partial charge in [0.15, 0.2) is 6.23 Å². The Hall–Kier alpha value is -3.00. The number of amides is 3. The van der Waals surface area contributed by atoms with Gasteiger partial charge < -0.3 is 14.5 Å². The van der Waals surface area contributed by atoms with Crippen molar-refractivity contribution in [2.24, 2.45) is 0 Å². The third-order valence-electron chi connectivity index (χ3n) is 5.14. The molecule has 30 heavy (non-hydrogen) atoms. The molecule has 160 valence electrons. The molecule has 1 atom stereocenters. The zero-order chi connectivity index (χ0) is 21.8. The number of nitrogens with zero attached hydrogens (tertiary/aromatic N) is 5. The number of hydrogen-bond donors (Lipinski definition) is 0. The Morgan fingerprint density at radius 3 is 2.63 bits per heavy atom. The molecular weight excluding hydrogens is 413 g/mol. The van der Waals surface area contributed by atoms with Crippen molar-refractivity contribution in [2.45, 2.75) is 12.6 Å². The minimum atomic E-state index is -0.737. The van der Waals surface area contributed by atoms with Crippen LogP contribution in [0, 0.1) is 17.1 Å². The van der Waals surface area contributed by atoms with E-state index in [2.05, 4.69) is 0 Å². The molecule has 0 spiro atoms. The first kappa shape index (κ1) is 21.7. The number of nitriles is 1. The molecule has 1 aromatic rings. The van der Waals surface area contributed by atoms with Crippen molar-refractivity contribution in [3.63, 3.8) is 0 Å². The fourth-order valence-electron chi connectivity index (χ4n) is 3.42. The van der Waals surface area contributed by atoms with Crippen LogP contribution in [0.3, 0.4) is 0 Å². The largest absolute Gasteiger partial charge is 0.423 e. The van der Waals surface area contributed by atoms with Crippen LogP contribution < -0.4 is 9.80 Å². The Bertz CT molecular complexity index is 884. The summed E-state index contributed by atoms with van der Waals surface area (Å²) in [6, 6.07) is 6.33. The number of ether oxygens (including phenoxy) is 1. The first-order valence-electron chi connectivity index (χ1n) is 9.34. The molecule has 11 heteroatoms. The smallest absolute Gasteiger partial charge is 0.416 e. The lowest BCUT2D eigenvalue weighted by Crippen LogP contribution is -2.49. The fourth-order valence-corrected chi connectivity index (χ4v) is 3.82. The number of carbonyl (C=O) groups excluding carboxylic acids is 3. The summed E-state index contributed by atoms with van der Waals surface area (Å²) >= 11 is 1.01. The van der Waals surface area contributed by atoms with Crippen molar-refractivity contribution >= 4 is 40.4 Å². The van der Waals surface area contributed by atoms with Gasteiger partial charge in [0.2, 0.25) is 5.91 Å². The monoisotopic (exact) mass is 435 g/mol. The maximum Gasteiger partial charge on any atom is 0.416 e. The first-order chi connectivity index (χ1) is 14.3. The molecule has 2 heterocycles. The molecule has 0 N–H and O–H groups in total. The molecule has 0 saturated carbocycles. The molecule has 9 nitrogen and oxygen atoms in total. The summed E-state index contributed by atoms with van der Waals surface area (Å²) in [7, 11) is 1.55. The van der Waals surface area contributed by atoms with E-state index in [4.69, 9.17) is 10.00 Å². The third-order valence-corrected chi connectivity index (χ3v) is 5.77. The number of piperazine rings is 1. The van der Waals surface area contributed by atoms with Crippen molar-refractivity contribution in [1.82, 2.24) is 9.80 Å². The van der Waals surface area contributed by atoms with E-state index in [0.29, 0.717) is 37.6 Å². The number of rotatable bonds is 4. The second-order valence-corrected chi connectivity index (χ2v) is 7.63. The van der Waals surface area contributed by atoms with Gasteiger partial charge in [0.05, 0.1) is 24.0 Å². The second-order valence-electron chi connectivity index (χ2n) is 6.87. The quantitative estimate of drug-likeness (QED) is 0.714. The van der Waals surface area contributed by atoms with Crippen molar-refractivity contribution in [3.05, 3.63) is 24.0 Å². The molecule has 1 unspecified atom stereocenters. The predicted molar refractivity (Wildman–Crippen MR) is 110 cm³/mol. The minimum Gasteiger partial charge on any atom is -0.423 e. The van der Waals surface area contributed by atoms with Gasteiger partial charge in [-0.3, -0.25) is 19.4 Å². The van der Waals surface area contributed by atoms with Crippen LogP contribution in [0.5, 0.6) is 0 Å². The fraction of sp³-hybridized carbons (Fsp3) is 0.474. The predicted octanol–water partition coefficient (Wildman–Crippen LogP) is 2.09. The maximum atomic E-state index is 14.8. The first-order valence-corrected chi connectivity index (χ1v) is 10.6. The third kappa shape index (κ3) is 4.43. The molecule has 3 rings (SSSR count). The van der Waals surface area contributed by atoms with Crippen molar-refractivity contribution in [1.29, 1.82) is 5.26 Å². The van der Waals surface area contributed by atoms with E-state index in [1.165, 1.54) is 15.9 Å². The maximum absolute atomic E-state index is 14.8. The Morgan fingerprint density at radius 1 is 1.33 bits per heavy atom. The Balaban J connectivity index is 1.66. The SMILES string of the molecule is CSC(=O)N(C)C1CN(c2ccc(N3CCN(C(=O)CC#N)CC3)c(F)c2)C(=O)O1. The number of carbonyl (C=O) groups is 3. The number of thioether (sulfide) groups is 1. The zero-order valence-electron chi connectivity index (χ0n) is 16.7. The lowest BCUT2D eigenvalue weighted by atomic mass is 10.2. The Kier molecular flexibility index (Phi) is 6.66. The van der Waals surface area contributed by atoms with E-state index in [-0.39, 0.29) is 24.1 Å². The minimum absolute atomic E-state index is 0.111. The van der Waals surface area contributed by atoms with Gasteiger partial charge in [0, 0.05) is 33.2 Å². The standard InChI is InChI=1S/C19H22FN5O4S/c1-22(19(28)30-2)17-12-25(18(27)29-17)13-3-4-15(14(20)11-13)23-7-9-24(10-8-23)16(26)5-6-21/h3-4,11,17H,5,7-10,12H2,1-2H3. The summed E-state index contributed by atoms with van der Waals surface area (Å²) in [4.78, 5) is 41.9. The molecular formula is C19H22FN5O4S. The van der Waals surface area contributed by atoms with E-state index >= 15 is 0 Å². The number of hydrogen-bond acceptors (Lipinski definition) is 7. The molecule has 0 aromatic heterocycles. The average molecular weight is 435 g/mol. The summed E-state index contributed by atoms with van der Waals surface area (Å²) in [5.74, 6) is -0.714. The van der Waals surface area contributed by atoms with Gasteiger partial charge in [-0.05, 0) is 24.5 Å². The zero-order valence-corrected chi connectivity index (χ0v) is 17.5. The van der Waals surface area contributed by atoms with E-state index < -0.39 is 18.1 Å². The number of halogens is 1. The van der Waals surface area contributed by atoms with Gasteiger partial charge in [0.25, 0.3) is 5.24 Å². The summed E-state index contributed by atoms with van der Waals surface area (Å²) in [6.45, 7) is 1.83. The van der Waals surface area contributed by atoms with Gasteiger partial charge in [0.1, 0.15) is 12.2 Å². The van der Waals surface area contributed by atoms with Crippen LogP contribution in [0.1, 0.15) is 6.42 Å². The van der Waals surface area contributed by atoms with Crippen LogP contribution in [0.15, 0.2) is 18.2 Å². The molecule has 1 aromatic carbocycles. The summed E-state index contributed by atoms with van der Waals surface area (Å²) in [6.07, 6.45) is 0.103. The van der Waals surface area contributed by atoms with Crippen LogP contribution in [0.4, 0.5) is 25.4 Å². The van der Waals surface area contributed by atoms with E-state index in [1.807, 2.05) is 11.0 Å². The summed E-state index contributed by atoms with van der Waals surface area (Å²) in [5.41, 5.74) is 0.724. The van der Waals surface area contributed by atoms with Crippen LogP contribution in [-0.2, 0) is 9.53 Å². The van der Waals surface area contributed by atoms with Crippen LogP contribution in [0.25, 0.3) is 0 Å². The number of likely N-dealkylation sites (N-methyl/N-ethyl adjacent to an activating group) is 1. The number of anilines is 2. The second kappa shape index (κ2) is 9.21. The molecule has 0 aliphatic carbocycles.